The third kappa shape index (κ3) is 3.85. The van der Waals surface area contributed by atoms with Crippen molar-refractivity contribution in [2.75, 3.05) is 20.0 Å². The number of esters is 1. The van der Waals surface area contributed by atoms with Crippen molar-refractivity contribution in [1.29, 1.82) is 5.26 Å². The highest BCUT2D eigenvalue weighted by Gasteiger charge is 2.31. The van der Waals surface area contributed by atoms with Gasteiger partial charge in [0.25, 0.3) is 0 Å². The standard InChI is InChI=1S/C16H16N2O4S/c1-21-13-6-4-3-5-10(13)11-7-14(19)18-16(12(11)8-17)23-9-15(20)22-2/h3-6,11H,7,9H2,1-2H3,(H,18,19)/t11-/m0/s1. The molecule has 0 radical (unpaired) electrons. The molecule has 0 aliphatic carbocycles. The van der Waals surface area contributed by atoms with Crippen LogP contribution >= 0.6 is 11.8 Å². The third-order valence-electron chi connectivity index (χ3n) is 3.43. The van der Waals surface area contributed by atoms with Crippen LogP contribution in [0.15, 0.2) is 34.9 Å². The quantitative estimate of drug-likeness (QED) is 0.829. The number of ether oxygens (including phenoxy) is 2. The van der Waals surface area contributed by atoms with Crippen LogP contribution in [0, 0.1) is 11.3 Å². The van der Waals surface area contributed by atoms with E-state index in [1.807, 2.05) is 18.2 Å². The van der Waals surface area contributed by atoms with Gasteiger partial charge in [0.15, 0.2) is 0 Å². The summed E-state index contributed by atoms with van der Waals surface area (Å²) in [4.78, 5) is 23.3. The Kier molecular flexibility index (Phi) is 5.66. The van der Waals surface area contributed by atoms with Crippen molar-refractivity contribution in [3.05, 3.63) is 40.4 Å². The molecule has 0 bridgehead atoms. The second kappa shape index (κ2) is 7.70. The van der Waals surface area contributed by atoms with Crippen molar-refractivity contribution in [2.24, 2.45) is 0 Å². The molecular formula is C16H16N2O4S. The zero-order chi connectivity index (χ0) is 16.8. The van der Waals surface area contributed by atoms with Crippen LogP contribution in [0.5, 0.6) is 5.75 Å². The summed E-state index contributed by atoms with van der Waals surface area (Å²) in [6, 6.07) is 9.44. The molecule has 23 heavy (non-hydrogen) atoms. The fraction of sp³-hybridized carbons (Fsp3) is 0.312. The van der Waals surface area contributed by atoms with Gasteiger partial charge in [0.05, 0.1) is 36.6 Å². The Hall–Kier alpha value is -2.46. The second-order valence-corrected chi connectivity index (χ2v) is 5.75. The maximum atomic E-state index is 12.0. The van der Waals surface area contributed by atoms with Crippen molar-refractivity contribution in [2.45, 2.75) is 12.3 Å². The number of nitriles is 1. The molecule has 1 aromatic carbocycles. The summed E-state index contributed by atoms with van der Waals surface area (Å²) in [5, 5.41) is 12.6. The summed E-state index contributed by atoms with van der Waals surface area (Å²) in [7, 11) is 2.84. The van der Waals surface area contributed by atoms with Crippen molar-refractivity contribution >= 4 is 23.6 Å². The first-order valence-corrected chi connectivity index (χ1v) is 7.86. The van der Waals surface area contributed by atoms with Crippen LogP contribution in [0.3, 0.4) is 0 Å². The summed E-state index contributed by atoms with van der Waals surface area (Å²) in [5.41, 5.74) is 1.19. The van der Waals surface area contributed by atoms with E-state index in [2.05, 4.69) is 16.1 Å². The van der Waals surface area contributed by atoms with Crippen LogP contribution in [0.25, 0.3) is 0 Å². The molecule has 0 spiro atoms. The molecule has 0 fully saturated rings. The highest BCUT2D eigenvalue weighted by molar-refractivity contribution is 8.03. The van der Waals surface area contributed by atoms with Gasteiger partial charge in [-0.1, -0.05) is 30.0 Å². The normalized spacial score (nSPS) is 17.3. The highest BCUT2D eigenvalue weighted by Crippen LogP contribution is 2.39. The summed E-state index contributed by atoms with van der Waals surface area (Å²) < 4.78 is 9.92. The smallest absolute Gasteiger partial charge is 0.316 e. The molecule has 120 valence electrons. The van der Waals surface area contributed by atoms with E-state index in [0.29, 0.717) is 16.4 Å². The molecule has 1 heterocycles. The predicted molar refractivity (Wildman–Crippen MR) is 85.6 cm³/mol. The van der Waals surface area contributed by atoms with Crippen LogP contribution in [0.2, 0.25) is 0 Å². The lowest BCUT2D eigenvalue weighted by Crippen LogP contribution is -2.31. The number of allylic oxidation sites excluding steroid dienone is 1. The first kappa shape index (κ1) is 16.9. The first-order chi connectivity index (χ1) is 11.1. The fourth-order valence-corrected chi connectivity index (χ4v) is 3.25. The van der Waals surface area contributed by atoms with Crippen molar-refractivity contribution in [3.63, 3.8) is 0 Å². The molecule has 0 aromatic heterocycles. The van der Waals surface area contributed by atoms with Gasteiger partial charge in [-0.3, -0.25) is 9.59 Å². The molecule has 1 N–H and O–H groups in total. The monoisotopic (exact) mass is 332 g/mol. The number of amides is 1. The molecule has 6 nitrogen and oxygen atoms in total. The predicted octanol–water partition coefficient (Wildman–Crippen LogP) is 1.94. The molecule has 1 atom stereocenters. The zero-order valence-electron chi connectivity index (χ0n) is 12.8. The topological polar surface area (TPSA) is 88.4 Å². The minimum Gasteiger partial charge on any atom is -0.496 e. The minimum absolute atomic E-state index is 0.0237. The van der Waals surface area contributed by atoms with Crippen LogP contribution in [0.4, 0.5) is 0 Å². The minimum atomic E-state index is -0.423. The molecule has 0 unspecified atom stereocenters. The molecule has 0 saturated carbocycles. The number of nitrogens with one attached hydrogen (secondary N) is 1. The Labute approximate surface area is 138 Å². The van der Waals surface area contributed by atoms with Gasteiger partial charge in [-0.2, -0.15) is 5.26 Å². The van der Waals surface area contributed by atoms with Crippen LogP contribution in [-0.4, -0.2) is 31.8 Å². The Bertz CT molecular complexity index is 694. The Morgan fingerprint density at radius 3 is 2.83 bits per heavy atom. The molecule has 1 aliphatic heterocycles. The van der Waals surface area contributed by atoms with Gasteiger partial charge in [0, 0.05) is 17.9 Å². The van der Waals surface area contributed by atoms with Gasteiger partial charge >= 0.3 is 5.97 Å². The first-order valence-electron chi connectivity index (χ1n) is 6.87. The summed E-state index contributed by atoms with van der Waals surface area (Å²) >= 11 is 1.09. The number of benzene rings is 1. The fourth-order valence-electron chi connectivity index (χ4n) is 2.34. The SMILES string of the molecule is COC(=O)CSC1=C(C#N)[C@H](c2ccccc2OC)CC(=O)N1. The van der Waals surface area contributed by atoms with Crippen molar-refractivity contribution in [1.82, 2.24) is 5.32 Å². The Morgan fingerprint density at radius 1 is 1.43 bits per heavy atom. The largest absolute Gasteiger partial charge is 0.496 e. The van der Waals surface area contributed by atoms with E-state index in [0.717, 1.165) is 17.3 Å². The summed E-state index contributed by atoms with van der Waals surface area (Å²) in [6.45, 7) is 0. The van der Waals surface area contributed by atoms with Gasteiger partial charge < -0.3 is 14.8 Å². The number of hydrogen-bond acceptors (Lipinski definition) is 6. The second-order valence-electron chi connectivity index (χ2n) is 4.77. The van der Waals surface area contributed by atoms with E-state index in [-0.39, 0.29) is 18.1 Å². The van der Waals surface area contributed by atoms with Gasteiger partial charge in [-0.25, -0.2) is 0 Å². The summed E-state index contributed by atoms with van der Waals surface area (Å²) in [5.74, 6) is -0.376. The number of para-hydroxylation sites is 1. The van der Waals surface area contributed by atoms with E-state index < -0.39 is 11.9 Å². The van der Waals surface area contributed by atoms with Crippen LogP contribution in [-0.2, 0) is 14.3 Å². The maximum absolute atomic E-state index is 12.0. The molecule has 1 aliphatic rings. The van der Waals surface area contributed by atoms with E-state index >= 15 is 0 Å². The van der Waals surface area contributed by atoms with E-state index in [1.165, 1.54) is 7.11 Å². The number of methoxy groups -OCH3 is 2. The lowest BCUT2D eigenvalue weighted by Gasteiger charge is -2.26. The number of hydrogen-bond donors (Lipinski definition) is 1. The average Bonchev–Trinajstić information content (AvgIpc) is 2.58. The van der Waals surface area contributed by atoms with Gasteiger partial charge in [0.2, 0.25) is 5.91 Å². The lowest BCUT2D eigenvalue weighted by molar-refractivity contribution is -0.137. The number of rotatable bonds is 5. The summed E-state index contributed by atoms with van der Waals surface area (Å²) in [6.07, 6.45) is 0.158. The molecule has 0 saturated heterocycles. The molecule has 7 heteroatoms. The number of thioether (sulfide) groups is 1. The molecule has 2 rings (SSSR count). The Balaban J connectivity index is 2.39. The molecule has 1 aromatic rings. The van der Waals surface area contributed by atoms with Crippen molar-refractivity contribution in [3.8, 4) is 11.8 Å². The van der Waals surface area contributed by atoms with Crippen molar-refractivity contribution < 1.29 is 19.1 Å². The number of nitrogens with zero attached hydrogens (tertiary/aromatic N) is 1. The number of carbonyl (C=O) groups excluding carboxylic acids is 2. The van der Waals surface area contributed by atoms with E-state index in [4.69, 9.17) is 4.74 Å². The van der Waals surface area contributed by atoms with Crippen LogP contribution in [0.1, 0.15) is 17.9 Å². The van der Waals surface area contributed by atoms with Crippen LogP contribution < -0.4 is 10.1 Å². The Morgan fingerprint density at radius 2 is 2.17 bits per heavy atom. The number of carbonyl (C=O) groups is 2. The van der Waals surface area contributed by atoms with E-state index in [9.17, 15) is 14.9 Å². The maximum Gasteiger partial charge on any atom is 0.316 e. The van der Waals surface area contributed by atoms with E-state index in [1.54, 1.807) is 13.2 Å². The van der Waals surface area contributed by atoms with Gasteiger partial charge in [-0.05, 0) is 6.07 Å². The zero-order valence-corrected chi connectivity index (χ0v) is 13.6. The van der Waals surface area contributed by atoms with Gasteiger partial charge in [-0.15, -0.1) is 0 Å². The molecule has 1 amide bonds. The third-order valence-corrected chi connectivity index (χ3v) is 4.42. The average molecular weight is 332 g/mol. The lowest BCUT2D eigenvalue weighted by atomic mass is 9.86. The van der Waals surface area contributed by atoms with Gasteiger partial charge in [0.1, 0.15) is 5.75 Å². The molecular weight excluding hydrogens is 316 g/mol. The highest BCUT2D eigenvalue weighted by atomic mass is 32.2.